The quantitative estimate of drug-likeness (QED) is 0.743. The van der Waals surface area contributed by atoms with Crippen LogP contribution in [0.1, 0.15) is 43.1 Å². The monoisotopic (exact) mass is 386 g/mol. The smallest absolute Gasteiger partial charge is 0.271 e. The molecule has 1 aliphatic rings. The van der Waals surface area contributed by atoms with Crippen LogP contribution < -0.4 is 10.9 Å². The van der Waals surface area contributed by atoms with E-state index >= 15 is 0 Å². The van der Waals surface area contributed by atoms with Crippen LogP contribution in [-0.4, -0.2) is 46.8 Å². The molecule has 1 unspecified atom stereocenters. The molecule has 0 spiro atoms. The Balaban J connectivity index is 1.50. The number of nitrogens with zero attached hydrogens (tertiary/aromatic N) is 3. The summed E-state index contributed by atoms with van der Waals surface area (Å²) in [5.41, 5.74) is 0.199. The number of piperidine rings is 1. The third kappa shape index (κ3) is 5.48. The van der Waals surface area contributed by atoms with Gasteiger partial charge in [0.1, 0.15) is 11.5 Å². The third-order valence-electron chi connectivity index (χ3n) is 5.03. The molecule has 1 N–H and O–H groups in total. The van der Waals surface area contributed by atoms with Crippen molar-refractivity contribution in [1.82, 2.24) is 20.0 Å². The number of likely N-dealkylation sites (tertiary alicyclic amines) is 1. The molecule has 1 aromatic carbocycles. The van der Waals surface area contributed by atoms with Crippen molar-refractivity contribution in [3.63, 3.8) is 0 Å². The van der Waals surface area contributed by atoms with Gasteiger partial charge in [-0.25, -0.2) is 4.39 Å². The number of amides is 1. The summed E-state index contributed by atoms with van der Waals surface area (Å²) in [5, 5.41) is 6.97. The minimum atomic E-state index is -0.398. The Hall–Kier alpha value is -2.54. The zero-order valence-corrected chi connectivity index (χ0v) is 16.2. The van der Waals surface area contributed by atoms with E-state index in [0.717, 1.165) is 30.0 Å². The lowest BCUT2D eigenvalue weighted by molar-refractivity contribution is 0.0945. The van der Waals surface area contributed by atoms with Crippen molar-refractivity contribution in [2.45, 2.75) is 32.6 Å². The van der Waals surface area contributed by atoms with Crippen molar-refractivity contribution in [2.75, 3.05) is 26.2 Å². The molecular weight excluding hydrogens is 359 g/mol. The minimum Gasteiger partial charge on any atom is -0.351 e. The molecule has 0 aliphatic carbocycles. The van der Waals surface area contributed by atoms with Gasteiger partial charge in [0.25, 0.3) is 11.5 Å². The second kappa shape index (κ2) is 9.59. The van der Waals surface area contributed by atoms with Crippen molar-refractivity contribution < 1.29 is 9.18 Å². The Morgan fingerprint density at radius 1 is 1.21 bits per heavy atom. The molecule has 1 atom stereocenters. The van der Waals surface area contributed by atoms with Crippen LogP contribution in [0.4, 0.5) is 4.39 Å². The standard InChI is InChI=1S/C21H27FN4O2/c1-16-5-4-14-25(15-16)13-3-2-12-23-21(28)19-10-11-20(27)26(24-19)18-8-6-17(22)7-9-18/h6-11,16H,2-5,12-15H2,1H3,(H,23,28). The highest BCUT2D eigenvalue weighted by molar-refractivity contribution is 5.92. The number of halogens is 1. The first-order chi connectivity index (χ1) is 13.5. The normalized spacial score (nSPS) is 17.4. The Morgan fingerprint density at radius 2 is 2.00 bits per heavy atom. The molecule has 1 amide bonds. The predicted octanol–water partition coefficient (Wildman–Crippen LogP) is 2.61. The van der Waals surface area contributed by atoms with Gasteiger partial charge < -0.3 is 10.2 Å². The van der Waals surface area contributed by atoms with Gasteiger partial charge in [-0.15, -0.1) is 0 Å². The number of rotatable bonds is 7. The highest BCUT2D eigenvalue weighted by Crippen LogP contribution is 2.15. The third-order valence-corrected chi connectivity index (χ3v) is 5.03. The van der Waals surface area contributed by atoms with Gasteiger partial charge >= 0.3 is 0 Å². The van der Waals surface area contributed by atoms with E-state index in [0.29, 0.717) is 12.2 Å². The van der Waals surface area contributed by atoms with Crippen LogP contribution in [0.25, 0.3) is 5.69 Å². The number of aromatic nitrogens is 2. The van der Waals surface area contributed by atoms with E-state index < -0.39 is 5.82 Å². The van der Waals surface area contributed by atoms with Crippen LogP contribution in [-0.2, 0) is 0 Å². The predicted molar refractivity (Wildman–Crippen MR) is 106 cm³/mol. The Bertz CT molecular complexity index is 850. The summed E-state index contributed by atoms with van der Waals surface area (Å²) in [7, 11) is 0. The molecule has 2 aromatic rings. The van der Waals surface area contributed by atoms with Gasteiger partial charge in [0.15, 0.2) is 0 Å². The summed E-state index contributed by atoms with van der Waals surface area (Å²) in [5.74, 6) is 0.0588. The summed E-state index contributed by atoms with van der Waals surface area (Å²) in [6, 6.07) is 8.11. The molecule has 0 saturated carbocycles. The first-order valence-corrected chi connectivity index (χ1v) is 9.90. The van der Waals surface area contributed by atoms with Gasteiger partial charge in [-0.3, -0.25) is 9.59 Å². The zero-order valence-electron chi connectivity index (χ0n) is 16.2. The second-order valence-electron chi connectivity index (χ2n) is 7.46. The molecule has 1 aromatic heterocycles. The summed E-state index contributed by atoms with van der Waals surface area (Å²) in [6.07, 6.45) is 4.52. The van der Waals surface area contributed by atoms with E-state index in [-0.39, 0.29) is 17.2 Å². The first kappa shape index (κ1) is 20.2. The zero-order chi connectivity index (χ0) is 19.9. The van der Waals surface area contributed by atoms with Gasteiger partial charge in [0.05, 0.1) is 5.69 Å². The molecule has 1 saturated heterocycles. The number of carbonyl (C=O) groups is 1. The second-order valence-corrected chi connectivity index (χ2v) is 7.46. The number of hydrogen-bond donors (Lipinski definition) is 1. The van der Waals surface area contributed by atoms with Gasteiger partial charge in [-0.2, -0.15) is 9.78 Å². The summed E-state index contributed by atoms with van der Waals surface area (Å²) >= 11 is 0. The number of benzene rings is 1. The fourth-order valence-electron chi connectivity index (χ4n) is 3.54. The molecule has 1 aliphatic heterocycles. The van der Waals surface area contributed by atoms with Gasteiger partial charge in [0, 0.05) is 19.2 Å². The van der Waals surface area contributed by atoms with E-state index in [2.05, 4.69) is 22.2 Å². The minimum absolute atomic E-state index is 0.161. The number of carbonyl (C=O) groups excluding carboxylic acids is 1. The van der Waals surface area contributed by atoms with E-state index in [4.69, 9.17) is 0 Å². The summed E-state index contributed by atoms with van der Waals surface area (Å²) in [6.45, 7) is 6.27. The topological polar surface area (TPSA) is 67.2 Å². The Morgan fingerprint density at radius 3 is 2.75 bits per heavy atom. The number of unbranched alkanes of at least 4 members (excludes halogenated alkanes) is 1. The van der Waals surface area contributed by atoms with Gasteiger partial charge in [-0.1, -0.05) is 6.92 Å². The number of hydrogen-bond acceptors (Lipinski definition) is 4. The molecular formula is C21H27FN4O2. The van der Waals surface area contributed by atoms with E-state index in [1.807, 2.05) is 0 Å². The number of nitrogens with one attached hydrogen (secondary N) is 1. The van der Waals surface area contributed by atoms with Crippen LogP contribution >= 0.6 is 0 Å². The molecule has 28 heavy (non-hydrogen) atoms. The van der Waals surface area contributed by atoms with E-state index in [1.54, 1.807) is 0 Å². The lowest BCUT2D eigenvalue weighted by Crippen LogP contribution is -2.35. The molecule has 7 heteroatoms. The molecule has 6 nitrogen and oxygen atoms in total. The maximum atomic E-state index is 13.1. The lowest BCUT2D eigenvalue weighted by atomic mass is 10.0. The van der Waals surface area contributed by atoms with Crippen LogP contribution in [0.5, 0.6) is 0 Å². The highest BCUT2D eigenvalue weighted by Gasteiger charge is 2.15. The maximum absolute atomic E-state index is 13.1. The fraction of sp³-hybridized carbons (Fsp3) is 0.476. The van der Waals surface area contributed by atoms with Crippen LogP contribution in [0.15, 0.2) is 41.2 Å². The van der Waals surface area contributed by atoms with Crippen molar-refractivity contribution in [3.05, 3.63) is 58.3 Å². The average Bonchev–Trinajstić information content (AvgIpc) is 2.69. The first-order valence-electron chi connectivity index (χ1n) is 9.90. The van der Waals surface area contributed by atoms with Crippen LogP contribution in [0.2, 0.25) is 0 Å². The summed E-state index contributed by atoms with van der Waals surface area (Å²) < 4.78 is 14.2. The highest BCUT2D eigenvalue weighted by atomic mass is 19.1. The molecule has 2 heterocycles. The van der Waals surface area contributed by atoms with Gasteiger partial charge in [-0.05, 0) is 75.0 Å². The van der Waals surface area contributed by atoms with Crippen molar-refractivity contribution >= 4 is 5.91 Å². The maximum Gasteiger partial charge on any atom is 0.271 e. The molecule has 1 fully saturated rings. The van der Waals surface area contributed by atoms with Crippen molar-refractivity contribution in [2.24, 2.45) is 5.92 Å². The summed E-state index contributed by atoms with van der Waals surface area (Å²) in [4.78, 5) is 26.9. The molecule has 0 radical (unpaired) electrons. The van der Waals surface area contributed by atoms with E-state index in [9.17, 15) is 14.0 Å². The largest absolute Gasteiger partial charge is 0.351 e. The Kier molecular flexibility index (Phi) is 6.92. The van der Waals surface area contributed by atoms with Crippen molar-refractivity contribution in [3.8, 4) is 5.69 Å². The van der Waals surface area contributed by atoms with Crippen LogP contribution in [0, 0.1) is 11.7 Å². The van der Waals surface area contributed by atoms with Crippen LogP contribution in [0.3, 0.4) is 0 Å². The molecule has 3 rings (SSSR count). The molecule has 0 bridgehead atoms. The van der Waals surface area contributed by atoms with Gasteiger partial charge in [0.2, 0.25) is 0 Å². The molecule has 150 valence electrons. The fourth-order valence-corrected chi connectivity index (χ4v) is 3.54. The van der Waals surface area contributed by atoms with E-state index in [1.165, 1.54) is 62.3 Å². The SMILES string of the molecule is CC1CCCN(CCCCNC(=O)c2ccc(=O)n(-c3ccc(F)cc3)n2)C1. The average molecular weight is 386 g/mol. The van der Waals surface area contributed by atoms with Crippen molar-refractivity contribution in [1.29, 1.82) is 0 Å². The Labute approximate surface area is 164 Å². The lowest BCUT2D eigenvalue weighted by Gasteiger charge is -2.30.